The zero-order valence-corrected chi connectivity index (χ0v) is 8.82. The number of alkyl halides is 3. The minimum absolute atomic E-state index is 0.227. The Labute approximate surface area is 88.6 Å². The number of piperidine rings is 1. The van der Waals surface area contributed by atoms with E-state index in [1.54, 1.807) is 0 Å². The number of nitrogens with zero attached hydrogens (tertiary/aromatic N) is 1. The van der Waals surface area contributed by atoms with Gasteiger partial charge in [-0.3, -0.25) is 0 Å². The molecule has 1 heterocycles. The highest BCUT2D eigenvalue weighted by Gasteiger charge is 2.58. The zero-order chi connectivity index (χ0) is 10.9. The molecule has 0 amide bonds. The van der Waals surface area contributed by atoms with Gasteiger partial charge in [-0.1, -0.05) is 6.42 Å². The molecule has 0 N–H and O–H groups in total. The Morgan fingerprint density at radius 2 is 1.73 bits per heavy atom. The summed E-state index contributed by atoms with van der Waals surface area (Å²) in [5.74, 6) is 0. The summed E-state index contributed by atoms with van der Waals surface area (Å²) in [4.78, 5) is 1.98. The van der Waals surface area contributed by atoms with Gasteiger partial charge in [-0.2, -0.15) is 13.2 Å². The molecule has 1 nitrogen and oxygen atoms in total. The molecule has 0 unspecified atom stereocenters. The van der Waals surface area contributed by atoms with Gasteiger partial charge in [-0.15, -0.1) is 0 Å². The van der Waals surface area contributed by atoms with Gasteiger partial charge in [-0.25, -0.2) is 0 Å². The number of rotatable bonds is 2. The Morgan fingerprint density at radius 3 is 2.13 bits per heavy atom. The van der Waals surface area contributed by atoms with Gasteiger partial charge >= 0.3 is 6.18 Å². The fourth-order valence-electron chi connectivity index (χ4n) is 2.52. The van der Waals surface area contributed by atoms with Crippen LogP contribution in [-0.4, -0.2) is 30.7 Å². The van der Waals surface area contributed by atoms with Crippen LogP contribution in [0.3, 0.4) is 0 Å². The van der Waals surface area contributed by atoms with Crippen LogP contribution in [0.4, 0.5) is 13.2 Å². The summed E-state index contributed by atoms with van der Waals surface area (Å²) < 4.78 is 38.6. The normalized spacial score (nSPS) is 27.4. The van der Waals surface area contributed by atoms with Gasteiger partial charge in [0.15, 0.2) is 0 Å². The molecule has 2 rings (SSSR count). The highest BCUT2D eigenvalue weighted by molar-refractivity contribution is 4.97. The summed E-state index contributed by atoms with van der Waals surface area (Å²) in [5, 5.41) is 0. The van der Waals surface area contributed by atoms with Crippen LogP contribution in [0.2, 0.25) is 0 Å². The second-order valence-electron chi connectivity index (χ2n) is 4.77. The van der Waals surface area contributed by atoms with Crippen molar-refractivity contribution in [1.82, 2.24) is 4.90 Å². The van der Waals surface area contributed by atoms with Crippen LogP contribution >= 0.6 is 0 Å². The first-order chi connectivity index (χ1) is 7.04. The van der Waals surface area contributed by atoms with Crippen LogP contribution in [-0.2, 0) is 0 Å². The number of hydrogen-bond acceptors (Lipinski definition) is 1. The first-order valence-corrected chi connectivity index (χ1v) is 5.64. The van der Waals surface area contributed by atoms with Gasteiger partial charge < -0.3 is 4.90 Å². The summed E-state index contributed by atoms with van der Waals surface area (Å²) in [5.41, 5.74) is -1.37. The van der Waals surface area contributed by atoms with Gasteiger partial charge in [0.1, 0.15) is 0 Å². The van der Waals surface area contributed by atoms with Crippen LogP contribution in [0.1, 0.15) is 32.1 Å². The summed E-state index contributed by atoms with van der Waals surface area (Å²) in [6.07, 6.45) is 1.43. The second-order valence-corrected chi connectivity index (χ2v) is 4.77. The van der Waals surface area contributed by atoms with Crippen LogP contribution in [0.15, 0.2) is 0 Å². The lowest BCUT2D eigenvalue weighted by atomic mass is 9.67. The lowest BCUT2D eigenvalue weighted by Gasteiger charge is -2.46. The minimum Gasteiger partial charge on any atom is -0.302 e. The lowest BCUT2D eigenvalue weighted by Crippen LogP contribution is -2.52. The Bertz CT molecular complexity index is 214. The molecule has 0 atom stereocenters. The molecular weight excluding hydrogens is 203 g/mol. The molecular formula is C11H17F3N. The van der Waals surface area contributed by atoms with E-state index in [-0.39, 0.29) is 6.54 Å². The molecule has 0 aromatic heterocycles. The van der Waals surface area contributed by atoms with Crippen molar-refractivity contribution in [3.63, 3.8) is 0 Å². The Hall–Kier alpha value is -0.250. The van der Waals surface area contributed by atoms with E-state index in [0.29, 0.717) is 12.8 Å². The average molecular weight is 220 g/mol. The Balaban J connectivity index is 1.95. The smallest absolute Gasteiger partial charge is 0.302 e. The molecule has 0 aromatic carbocycles. The number of hydrogen-bond donors (Lipinski definition) is 0. The molecule has 0 bridgehead atoms. The van der Waals surface area contributed by atoms with Crippen LogP contribution in [0.5, 0.6) is 0 Å². The van der Waals surface area contributed by atoms with Gasteiger partial charge in [-0.05, 0) is 45.2 Å². The monoisotopic (exact) mass is 220 g/mol. The van der Waals surface area contributed by atoms with Crippen LogP contribution in [0.25, 0.3) is 0 Å². The van der Waals surface area contributed by atoms with E-state index in [9.17, 15) is 13.2 Å². The molecule has 87 valence electrons. The summed E-state index contributed by atoms with van der Waals surface area (Å²) in [7, 11) is 0. The first-order valence-electron chi connectivity index (χ1n) is 5.64. The highest BCUT2D eigenvalue weighted by Crippen LogP contribution is 2.53. The molecule has 1 saturated heterocycles. The molecule has 2 fully saturated rings. The van der Waals surface area contributed by atoms with Gasteiger partial charge in [0.05, 0.1) is 5.41 Å². The number of halogens is 3. The van der Waals surface area contributed by atoms with Crippen molar-refractivity contribution < 1.29 is 13.2 Å². The fraction of sp³-hybridized carbons (Fsp3) is 0.909. The summed E-state index contributed by atoms with van der Waals surface area (Å²) >= 11 is 0. The zero-order valence-electron chi connectivity index (χ0n) is 8.82. The van der Waals surface area contributed by atoms with Crippen molar-refractivity contribution in [2.45, 2.75) is 38.3 Å². The molecule has 0 spiro atoms. The minimum atomic E-state index is -4.01. The van der Waals surface area contributed by atoms with E-state index in [0.717, 1.165) is 32.4 Å². The van der Waals surface area contributed by atoms with Crippen molar-refractivity contribution in [3.8, 4) is 0 Å². The largest absolute Gasteiger partial charge is 0.395 e. The van der Waals surface area contributed by atoms with Crippen molar-refractivity contribution in [2.24, 2.45) is 5.41 Å². The van der Waals surface area contributed by atoms with Crippen molar-refractivity contribution in [3.05, 3.63) is 6.42 Å². The third-order valence-corrected chi connectivity index (χ3v) is 3.74. The molecule has 1 aliphatic carbocycles. The van der Waals surface area contributed by atoms with Crippen LogP contribution in [0, 0.1) is 11.8 Å². The summed E-state index contributed by atoms with van der Waals surface area (Å²) in [6, 6.07) is 0. The van der Waals surface area contributed by atoms with Gasteiger partial charge in [0.25, 0.3) is 0 Å². The van der Waals surface area contributed by atoms with E-state index in [1.165, 1.54) is 0 Å². The number of likely N-dealkylation sites (tertiary alicyclic amines) is 1. The maximum Gasteiger partial charge on any atom is 0.395 e. The Kier molecular flexibility index (Phi) is 2.97. The standard InChI is InChI=1S/C11H17F3N/c12-11(13,14)10(5-4-6-10)9-15-7-2-1-3-8-15/h1H,2-9H2. The lowest BCUT2D eigenvalue weighted by molar-refractivity contribution is -0.256. The van der Waals surface area contributed by atoms with Crippen molar-refractivity contribution in [1.29, 1.82) is 0 Å². The molecule has 2 aliphatic rings. The topological polar surface area (TPSA) is 3.24 Å². The SMILES string of the molecule is FC(F)(F)C1(CN2CC[CH]CC2)CCC1. The predicted octanol–water partition coefficient (Wildman–Crippen LogP) is 3.02. The van der Waals surface area contributed by atoms with E-state index in [4.69, 9.17) is 0 Å². The van der Waals surface area contributed by atoms with E-state index < -0.39 is 11.6 Å². The molecule has 15 heavy (non-hydrogen) atoms. The highest BCUT2D eigenvalue weighted by atomic mass is 19.4. The molecule has 1 saturated carbocycles. The molecule has 1 radical (unpaired) electrons. The molecule has 4 heteroatoms. The van der Waals surface area contributed by atoms with E-state index in [1.807, 2.05) is 4.90 Å². The van der Waals surface area contributed by atoms with Crippen LogP contribution < -0.4 is 0 Å². The van der Waals surface area contributed by atoms with Gasteiger partial charge in [0.2, 0.25) is 0 Å². The molecule has 1 aliphatic heterocycles. The average Bonchev–Trinajstić information content (AvgIpc) is 2.11. The first kappa shape index (κ1) is 11.2. The quantitative estimate of drug-likeness (QED) is 0.691. The van der Waals surface area contributed by atoms with Crippen molar-refractivity contribution in [2.75, 3.05) is 19.6 Å². The van der Waals surface area contributed by atoms with E-state index >= 15 is 0 Å². The fourth-order valence-corrected chi connectivity index (χ4v) is 2.52. The second kappa shape index (κ2) is 3.96. The Morgan fingerprint density at radius 1 is 1.13 bits per heavy atom. The third kappa shape index (κ3) is 2.14. The summed E-state index contributed by atoms with van der Waals surface area (Å²) in [6.45, 7) is 1.83. The maximum atomic E-state index is 12.9. The van der Waals surface area contributed by atoms with Crippen molar-refractivity contribution >= 4 is 0 Å². The maximum absolute atomic E-state index is 12.9. The third-order valence-electron chi connectivity index (χ3n) is 3.74. The van der Waals surface area contributed by atoms with E-state index in [2.05, 4.69) is 6.42 Å². The predicted molar refractivity (Wildman–Crippen MR) is 52.3 cm³/mol. The molecule has 0 aromatic rings. The van der Waals surface area contributed by atoms with Gasteiger partial charge in [0, 0.05) is 6.54 Å².